The van der Waals surface area contributed by atoms with Crippen LogP contribution < -0.4 is 4.90 Å². The van der Waals surface area contributed by atoms with Crippen LogP contribution in [0.4, 0.5) is 19.0 Å². The Hall–Kier alpha value is -1.83. The van der Waals surface area contributed by atoms with Crippen molar-refractivity contribution >= 4 is 11.7 Å². The average Bonchev–Trinajstić information content (AvgIpc) is 2.96. The summed E-state index contributed by atoms with van der Waals surface area (Å²) in [5.74, 6) is 0.743. The van der Waals surface area contributed by atoms with Gasteiger partial charge in [0, 0.05) is 45.5 Å². The molecule has 1 atom stereocenters. The molecular formula is C19H27F3N4O. The van der Waals surface area contributed by atoms with Crippen LogP contribution in [0.15, 0.2) is 18.3 Å². The molecule has 2 aliphatic heterocycles. The number of amides is 1. The van der Waals surface area contributed by atoms with Gasteiger partial charge in [0.1, 0.15) is 5.82 Å². The molecule has 0 spiro atoms. The summed E-state index contributed by atoms with van der Waals surface area (Å²) in [6, 6.07) is 2.33. The Morgan fingerprint density at radius 2 is 1.63 bits per heavy atom. The standard InChI is InChI=1S/C19H27F3N4O/c1-15(18(27)26-8-4-2-3-5-9-26)24-10-12-25(13-11-24)17-7-6-16(14-23-17)19(20,21)22/h6-7,14-15H,2-5,8-13H2,1H3. The molecule has 150 valence electrons. The van der Waals surface area contributed by atoms with E-state index in [4.69, 9.17) is 0 Å². The summed E-state index contributed by atoms with van der Waals surface area (Å²) >= 11 is 0. The zero-order valence-electron chi connectivity index (χ0n) is 15.7. The second kappa shape index (κ2) is 8.46. The maximum absolute atomic E-state index is 12.8. The van der Waals surface area contributed by atoms with Crippen LogP contribution in [-0.4, -0.2) is 66.0 Å². The first kappa shape index (κ1) is 19.9. The number of piperazine rings is 1. The summed E-state index contributed by atoms with van der Waals surface area (Å²) in [6.07, 6.45) is 1.05. The molecule has 3 heterocycles. The second-order valence-electron chi connectivity index (χ2n) is 7.34. The molecule has 1 unspecified atom stereocenters. The Morgan fingerprint density at radius 3 is 2.15 bits per heavy atom. The van der Waals surface area contributed by atoms with Gasteiger partial charge in [-0.3, -0.25) is 9.69 Å². The van der Waals surface area contributed by atoms with E-state index in [0.717, 1.165) is 38.2 Å². The van der Waals surface area contributed by atoms with Crippen LogP contribution in [0.25, 0.3) is 0 Å². The van der Waals surface area contributed by atoms with Crippen molar-refractivity contribution in [2.24, 2.45) is 0 Å². The van der Waals surface area contributed by atoms with Gasteiger partial charge in [-0.1, -0.05) is 12.8 Å². The number of aromatic nitrogens is 1. The van der Waals surface area contributed by atoms with Crippen LogP contribution in [0, 0.1) is 0 Å². The minimum Gasteiger partial charge on any atom is -0.354 e. The van der Waals surface area contributed by atoms with Crippen molar-refractivity contribution in [1.29, 1.82) is 0 Å². The van der Waals surface area contributed by atoms with E-state index in [0.29, 0.717) is 32.0 Å². The van der Waals surface area contributed by atoms with Gasteiger partial charge in [0.2, 0.25) is 5.91 Å². The summed E-state index contributed by atoms with van der Waals surface area (Å²) in [7, 11) is 0. The number of nitrogens with zero attached hydrogens (tertiary/aromatic N) is 4. The quantitative estimate of drug-likeness (QED) is 0.803. The molecule has 0 radical (unpaired) electrons. The van der Waals surface area contributed by atoms with Crippen molar-refractivity contribution in [2.75, 3.05) is 44.2 Å². The van der Waals surface area contributed by atoms with Crippen LogP contribution in [-0.2, 0) is 11.0 Å². The third-order valence-corrected chi connectivity index (χ3v) is 5.54. The van der Waals surface area contributed by atoms with E-state index >= 15 is 0 Å². The molecule has 0 aliphatic carbocycles. The van der Waals surface area contributed by atoms with Crippen LogP contribution in [0.3, 0.4) is 0 Å². The lowest BCUT2D eigenvalue weighted by atomic mass is 10.2. The van der Waals surface area contributed by atoms with Gasteiger partial charge in [-0.25, -0.2) is 4.98 Å². The van der Waals surface area contributed by atoms with Crippen molar-refractivity contribution in [2.45, 2.75) is 44.8 Å². The largest absolute Gasteiger partial charge is 0.417 e. The number of anilines is 1. The first-order chi connectivity index (χ1) is 12.9. The maximum atomic E-state index is 12.8. The van der Waals surface area contributed by atoms with E-state index < -0.39 is 11.7 Å². The highest BCUT2D eigenvalue weighted by Crippen LogP contribution is 2.29. The molecule has 1 amide bonds. The minimum absolute atomic E-state index is 0.161. The molecule has 5 nitrogen and oxygen atoms in total. The third kappa shape index (κ3) is 4.91. The number of likely N-dealkylation sites (tertiary alicyclic amines) is 1. The highest BCUT2D eigenvalue weighted by molar-refractivity contribution is 5.81. The number of pyridine rings is 1. The van der Waals surface area contributed by atoms with Crippen molar-refractivity contribution in [3.05, 3.63) is 23.9 Å². The Bertz CT molecular complexity index is 619. The Morgan fingerprint density at radius 1 is 1.00 bits per heavy atom. The van der Waals surface area contributed by atoms with Crippen molar-refractivity contribution < 1.29 is 18.0 Å². The number of carbonyl (C=O) groups excluding carboxylic acids is 1. The number of halogens is 3. The van der Waals surface area contributed by atoms with Gasteiger partial charge >= 0.3 is 6.18 Å². The van der Waals surface area contributed by atoms with Gasteiger partial charge in [-0.15, -0.1) is 0 Å². The fourth-order valence-electron chi connectivity index (χ4n) is 3.79. The lowest BCUT2D eigenvalue weighted by Crippen LogP contribution is -2.54. The lowest BCUT2D eigenvalue weighted by molar-refractivity contribution is -0.138. The Labute approximate surface area is 158 Å². The summed E-state index contributed by atoms with van der Waals surface area (Å²) in [5.41, 5.74) is -0.735. The predicted molar refractivity (Wildman–Crippen MR) is 97.5 cm³/mol. The normalized spacial score (nSPS) is 21.0. The number of carbonyl (C=O) groups is 1. The zero-order chi connectivity index (χ0) is 19.4. The predicted octanol–water partition coefficient (Wildman–Crippen LogP) is 3.01. The number of alkyl halides is 3. The van der Waals surface area contributed by atoms with Crippen molar-refractivity contribution in [3.63, 3.8) is 0 Å². The lowest BCUT2D eigenvalue weighted by Gasteiger charge is -2.39. The van der Waals surface area contributed by atoms with E-state index in [9.17, 15) is 18.0 Å². The number of hydrogen-bond donors (Lipinski definition) is 0. The van der Waals surface area contributed by atoms with E-state index in [2.05, 4.69) is 9.88 Å². The number of rotatable bonds is 3. The molecule has 27 heavy (non-hydrogen) atoms. The molecule has 3 rings (SSSR count). The molecule has 0 saturated carbocycles. The molecule has 0 bridgehead atoms. The van der Waals surface area contributed by atoms with Crippen molar-refractivity contribution in [3.8, 4) is 0 Å². The van der Waals surface area contributed by atoms with Gasteiger partial charge in [0.05, 0.1) is 11.6 Å². The summed E-state index contributed by atoms with van der Waals surface area (Å²) in [4.78, 5) is 22.9. The maximum Gasteiger partial charge on any atom is 0.417 e. The summed E-state index contributed by atoms with van der Waals surface area (Å²) < 4.78 is 38.0. The SMILES string of the molecule is CC(C(=O)N1CCCCCC1)N1CCN(c2ccc(C(F)(F)F)cn2)CC1. The summed E-state index contributed by atoms with van der Waals surface area (Å²) in [5, 5.41) is 0. The van der Waals surface area contributed by atoms with Gasteiger partial charge < -0.3 is 9.80 Å². The Kier molecular flexibility index (Phi) is 6.24. The Balaban J connectivity index is 1.54. The van der Waals surface area contributed by atoms with Gasteiger partial charge in [0.25, 0.3) is 0 Å². The molecule has 8 heteroatoms. The molecule has 2 saturated heterocycles. The average molecular weight is 384 g/mol. The zero-order valence-corrected chi connectivity index (χ0v) is 15.7. The van der Waals surface area contributed by atoms with Gasteiger partial charge in [0.15, 0.2) is 0 Å². The van der Waals surface area contributed by atoms with E-state index in [1.165, 1.54) is 18.9 Å². The number of hydrogen-bond acceptors (Lipinski definition) is 4. The van der Waals surface area contributed by atoms with E-state index in [1.54, 1.807) is 0 Å². The van der Waals surface area contributed by atoms with Crippen LogP contribution in [0.5, 0.6) is 0 Å². The third-order valence-electron chi connectivity index (χ3n) is 5.54. The fourth-order valence-corrected chi connectivity index (χ4v) is 3.79. The summed E-state index contributed by atoms with van der Waals surface area (Å²) in [6.45, 7) is 6.34. The van der Waals surface area contributed by atoms with Crippen molar-refractivity contribution in [1.82, 2.24) is 14.8 Å². The van der Waals surface area contributed by atoms with E-state index in [-0.39, 0.29) is 11.9 Å². The molecule has 0 aromatic carbocycles. The molecule has 2 aliphatic rings. The highest BCUT2D eigenvalue weighted by atomic mass is 19.4. The molecule has 0 N–H and O–H groups in total. The first-order valence-electron chi connectivity index (χ1n) is 9.67. The monoisotopic (exact) mass is 384 g/mol. The molecule has 1 aromatic heterocycles. The van der Waals surface area contributed by atoms with Gasteiger partial charge in [-0.05, 0) is 31.9 Å². The van der Waals surface area contributed by atoms with E-state index in [1.807, 2.05) is 16.7 Å². The molecule has 2 fully saturated rings. The molecular weight excluding hydrogens is 357 g/mol. The molecule has 1 aromatic rings. The second-order valence-corrected chi connectivity index (χ2v) is 7.34. The topological polar surface area (TPSA) is 39.7 Å². The highest BCUT2D eigenvalue weighted by Gasteiger charge is 2.32. The first-order valence-corrected chi connectivity index (χ1v) is 9.67. The van der Waals surface area contributed by atoms with Crippen LogP contribution in [0.1, 0.15) is 38.2 Å². The van der Waals surface area contributed by atoms with Crippen LogP contribution >= 0.6 is 0 Å². The minimum atomic E-state index is -4.37. The van der Waals surface area contributed by atoms with Crippen LogP contribution in [0.2, 0.25) is 0 Å². The fraction of sp³-hybridized carbons (Fsp3) is 0.684. The smallest absolute Gasteiger partial charge is 0.354 e. The van der Waals surface area contributed by atoms with Gasteiger partial charge in [-0.2, -0.15) is 13.2 Å².